The van der Waals surface area contributed by atoms with Crippen molar-refractivity contribution in [3.05, 3.63) is 169 Å². The average molecular weight is 705 g/mol. The van der Waals surface area contributed by atoms with Crippen LogP contribution in [0, 0.1) is 0 Å². The lowest BCUT2D eigenvalue weighted by atomic mass is 10.0. The minimum Gasteiger partial charge on any atom is -0.491 e. The van der Waals surface area contributed by atoms with Crippen LogP contribution < -0.4 is 9.47 Å². The topological polar surface area (TPSA) is 70.9 Å². The van der Waals surface area contributed by atoms with Gasteiger partial charge in [0, 0.05) is 12.4 Å². The normalized spacial score (nSPS) is 11.3. The van der Waals surface area contributed by atoms with E-state index in [0.717, 1.165) is 34.0 Å². The molecule has 0 spiro atoms. The molecule has 0 atom stereocenters. The number of benzene rings is 6. The molecule has 0 saturated carbocycles. The Bertz CT molecular complexity index is 1820. The maximum atomic E-state index is 5.79. The number of nitrogens with zero attached hydrogens (tertiary/aromatic N) is 2. The van der Waals surface area contributed by atoms with E-state index in [1.54, 1.807) is 0 Å². The molecule has 7 nitrogen and oxygen atoms in total. The molecular formula is C46H44N2O5. The smallest absolute Gasteiger partial charge is 0.119 e. The van der Waals surface area contributed by atoms with Crippen molar-refractivity contribution >= 4 is 23.8 Å². The highest BCUT2D eigenvalue weighted by Gasteiger charge is 2.00. The fourth-order valence-electron chi connectivity index (χ4n) is 5.32. The Morgan fingerprint density at radius 3 is 1.00 bits per heavy atom. The van der Waals surface area contributed by atoms with E-state index in [9.17, 15) is 0 Å². The van der Waals surface area contributed by atoms with Crippen LogP contribution >= 0.6 is 0 Å². The molecule has 6 aromatic carbocycles. The lowest BCUT2D eigenvalue weighted by Crippen LogP contribution is -2.14. The minimum atomic E-state index is 0.458. The Morgan fingerprint density at radius 2 is 0.642 bits per heavy atom. The highest BCUT2D eigenvalue weighted by molar-refractivity contribution is 5.84. The predicted molar refractivity (Wildman–Crippen MR) is 215 cm³/mol. The second-order valence-corrected chi connectivity index (χ2v) is 12.0. The van der Waals surface area contributed by atoms with Crippen molar-refractivity contribution in [2.24, 2.45) is 9.98 Å². The quantitative estimate of drug-likeness (QED) is 0.0585. The molecule has 6 rings (SSSR count). The van der Waals surface area contributed by atoms with Gasteiger partial charge in [0.2, 0.25) is 0 Å². The molecule has 0 aliphatic carbocycles. The van der Waals surface area contributed by atoms with Crippen LogP contribution in [0.4, 0.5) is 11.4 Å². The van der Waals surface area contributed by atoms with Crippen LogP contribution in [0.5, 0.6) is 11.5 Å². The average Bonchev–Trinajstić information content (AvgIpc) is 3.23. The van der Waals surface area contributed by atoms with Gasteiger partial charge in [-0.1, -0.05) is 109 Å². The lowest BCUT2D eigenvalue weighted by Gasteiger charge is -2.09. The number of hydrogen-bond acceptors (Lipinski definition) is 7. The molecule has 0 fully saturated rings. The van der Waals surface area contributed by atoms with Gasteiger partial charge in [0.15, 0.2) is 0 Å². The molecule has 53 heavy (non-hydrogen) atoms. The monoisotopic (exact) mass is 704 g/mol. The molecule has 0 amide bonds. The molecule has 0 aromatic heterocycles. The van der Waals surface area contributed by atoms with Crippen molar-refractivity contribution in [1.29, 1.82) is 0 Å². The summed E-state index contributed by atoms with van der Waals surface area (Å²) < 4.78 is 28.4. The summed E-state index contributed by atoms with van der Waals surface area (Å²) in [5, 5.41) is 0. The summed E-state index contributed by atoms with van der Waals surface area (Å²) in [6, 6.07) is 52.8. The number of ether oxygens (including phenoxy) is 5. The van der Waals surface area contributed by atoms with Gasteiger partial charge in [-0.25, -0.2) is 0 Å². The zero-order valence-electron chi connectivity index (χ0n) is 29.8. The minimum absolute atomic E-state index is 0.458. The molecule has 0 N–H and O–H groups in total. The second kappa shape index (κ2) is 20.9. The highest BCUT2D eigenvalue weighted by atomic mass is 16.6. The number of aliphatic imine (C=N–C) groups is 2. The van der Waals surface area contributed by atoms with Crippen LogP contribution in [0.25, 0.3) is 22.3 Å². The van der Waals surface area contributed by atoms with Crippen molar-refractivity contribution in [2.75, 3.05) is 52.9 Å². The summed E-state index contributed by atoms with van der Waals surface area (Å²) in [7, 11) is 0. The van der Waals surface area contributed by atoms with Gasteiger partial charge in [-0.3, -0.25) is 9.98 Å². The third kappa shape index (κ3) is 12.7. The molecule has 268 valence electrons. The predicted octanol–water partition coefficient (Wildman–Crippen LogP) is 10.0. The first-order chi connectivity index (χ1) is 26.3. The number of rotatable bonds is 20. The summed E-state index contributed by atoms with van der Waals surface area (Å²) >= 11 is 0. The Morgan fingerprint density at radius 1 is 0.321 bits per heavy atom. The fourth-order valence-corrected chi connectivity index (χ4v) is 5.32. The van der Waals surface area contributed by atoms with E-state index >= 15 is 0 Å². The molecule has 0 aliphatic rings. The second-order valence-electron chi connectivity index (χ2n) is 12.0. The van der Waals surface area contributed by atoms with Crippen molar-refractivity contribution < 1.29 is 23.7 Å². The summed E-state index contributed by atoms with van der Waals surface area (Å²) in [4.78, 5) is 9.17. The zero-order valence-corrected chi connectivity index (χ0v) is 29.8. The Hall–Kier alpha value is -5.86. The van der Waals surface area contributed by atoms with Crippen molar-refractivity contribution in [3.8, 4) is 33.8 Å². The first-order valence-corrected chi connectivity index (χ1v) is 17.9. The van der Waals surface area contributed by atoms with Gasteiger partial charge in [0.05, 0.1) is 51.0 Å². The first kappa shape index (κ1) is 36.9. The fraction of sp³-hybridized carbons (Fsp3) is 0.174. The Labute approximate surface area is 312 Å². The highest BCUT2D eigenvalue weighted by Crippen LogP contribution is 2.22. The van der Waals surface area contributed by atoms with Gasteiger partial charge < -0.3 is 23.7 Å². The summed E-state index contributed by atoms with van der Waals surface area (Å²) in [5.41, 5.74) is 8.60. The largest absolute Gasteiger partial charge is 0.491 e. The standard InChI is InChI=1S/C46H44N2O5/c1-3-7-39(8-4-1)41-15-11-37(12-16-41)35-47-43-19-23-45(24-20-43)52-33-31-50-29-27-49-28-30-51-32-34-53-46-25-21-44(22-26-46)48-36-38-13-17-42(18-14-38)40-9-5-2-6-10-40/h1-26,35-36H,27-34H2. The maximum absolute atomic E-state index is 5.79. The third-order valence-corrected chi connectivity index (χ3v) is 8.17. The van der Waals surface area contributed by atoms with E-state index in [1.807, 2.05) is 97.4 Å². The summed E-state index contributed by atoms with van der Waals surface area (Å²) in [6.07, 6.45) is 3.74. The SMILES string of the molecule is C(=Nc1ccc(OCCOCCOCCOCCOc2ccc(N=Cc3ccc(-c4ccccc4)cc3)cc2)cc1)c1ccc(-c2ccccc2)cc1. The van der Waals surface area contributed by atoms with Crippen LogP contribution in [0.2, 0.25) is 0 Å². The van der Waals surface area contributed by atoms with Crippen LogP contribution in [0.1, 0.15) is 11.1 Å². The van der Waals surface area contributed by atoms with Crippen molar-refractivity contribution in [3.63, 3.8) is 0 Å². The molecule has 0 aliphatic heterocycles. The van der Waals surface area contributed by atoms with E-state index in [4.69, 9.17) is 23.7 Å². The van der Waals surface area contributed by atoms with Crippen LogP contribution in [-0.4, -0.2) is 65.3 Å². The van der Waals surface area contributed by atoms with Crippen molar-refractivity contribution in [1.82, 2.24) is 0 Å². The molecule has 0 radical (unpaired) electrons. The Kier molecular flexibility index (Phi) is 14.5. The van der Waals surface area contributed by atoms with E-state index in [1.165, 1.54) is 22.3 Å². The van der Waals surface area contributed by atoms with Crippen molar-refractivity contribution in [2.45, 2.75) is 0 Å². The van der Waals surface area contributed by atoms with Gasteiger partial charge in [0.25, 0.3) is 0 Å². The van der Waals surface area contributed by atoms with E-state index in [2.05, 4.69) is 82.8 Å². The van der Waals surface area contributed by atoms with Crippen LogP contribution in [0.3, 0.4) is 0 Å². The van der Waals surface area contributed by atoms with E-state index in [0.29, 0.717) is 52.9 Å². The van der Waals surface area contributed by atoms with Gasteiger partial charge in [-0.15, -0.1) is 0 Å². The van der Waals surface area contributed by atoms with Gasteiger partial charge >= 0.3 is 0 Å². The molecule has 0 heterocycles. The molecule has 7 heteroatoms. The van der Waals surface area contributed by atoms with E-state index in [-0.39, 0.29) is 0 Å². The summed E-state index contributed by atoms with van der Waals surface area (Å²) in [5.74, 6) is 1.56. The lowest BCUT2D eigenvalue weighted by molar-refractivity contribution is 0.00499. The number of hydrogen-bond donors (Lipinski definition) is 0. The van der Waals surface area contributed by atoms with Gasteiger partial charge in [-0.2, -0.15) is 0 Å². The first-order valence-electron chi connectivity index (χ1n) is 17.9. The molecule has 0 unspecified atom stereocenters. The molecular weight excluding hydrogens is 661 g/mol. The zero-order chi connectivity index (χ0) is 36.2. The molecule has 6 aromatic rings. The third-order valence-electron chi connectivity index (χ3n) is 8.17. The van der Waals surface area contributed by atoms with E-state index < -0.39 is 0 Å². The van der Waals surface area contributed by atoms with Crippen LogP contribution in [0.15, 0.2) is 168 Å². The van der Waals surface area contributed by atoms with Gasteiger partial charge in [0.1, 0.15) is 24.7 Å². The molecule has 0 bridgehead atoms. The van der Waals surface area contributed by atoms with Gasteiger partial charge in [-0.05, 0) is 81.9 Å². The summed E-state index contributed by atoms with van der Waals surface area (Å²) in [6.45, 7) is 3.85. The van der Waals surface area contributed by atoms with Crippen LogP contribution in [-0.2, 0) is 14.2 Å². The maximum Gasteiger partial charge on any atom is 0.119 e. The Balaban J connectivity index is 0.751. The molecule has 0 saturated heterocycles.